The highest BCUT2D eigenvalue weighted by Gasteiger charge is 2.29. The molecule has 1 amide bonds. The number of rotatable bonds is 7. The SMILES string of the molecule is Cc1oc(C)c(S(N)(=O)=O)c1C(=O)N[C@H](C)c1ccccc1OCc1ccccc1. The summed E-state index contributed by atoms with van der Waals surface area (Å²) in [5.41, 5.74) is 1.70. The predicted molar refractivity (Wildman–Crippen MR) is 113 cm³/mol. The van der Waals surface area contributed by atoms with Gasteiger partial charge in [0.15, 0.2) is 0 Å². The number of nitrogens with one attached hydrogen (secondary N) is 1. The number of aryl methyl sites for hydroxylation is 2. The van der Waals surface area contributed by atoms with Crippen molar-refractivity contribution < 1.29 is 22.4 Å². The van der Waals surface area contributed by atoms with Crippen LogP contribution in [-0.2, 0) is 16.6 Å². The van der Waals surface area contributed by atoms with Gasteiger partial charge in [-0.3, -0.25) is 4.79 Å². The van der Waals surface area contributed by atoms with Crippen molar-refractivity contribution in [2.24, 2.45) is 5.14 Å². The number of amides is 1. The normalized spacial score (nSPS) is 12.4. The lowest BCUT2D eigenvalue weighted by Gasteiger charge is -2.18. The Hall–Kier alpha value is -3.10. The predicted octanol–water partition coefficient (Wildman–Crippen LogP) is 3.61. The van der Waals surface area contributed by atoms with E-state index in [1.54, 1.807) is 6.92 Å². The van der Waals surface area contributed by atoms with E-state index in [1.165, 1.54) is 13.8 Å². The Morgan fingerprint density at radius 3 is 2.37 bits per heavy atom. The number of nitrogens with two attached hydrogens (primary N) is 1. The Balaban J connectivity index is 1.82. The molecule has 0 spiro atoms. The van der Waals surface area contributed by atoms with Gasteiger partial charge in [0, 0.05) is 5.56 Å². The van der Waals surface area contributed by atoms with Gasteiger partial charge in [0.05, 0.1) is 6.04 Å². The molecule has 7 nitrogen and oxygen atoms in total. The molecule has 1 atom stereocenters. The highest BCUT2D eigenvalue weighted by atomic mass is 32.2. The van der Waals surface area contributed by atoms with Crippen LogP contribution in [0.5, 0.6) is 5.75 Å². The number of hydrogen-bond donors (Lipinski definition) is 2. The van der Waals surface area contributed by atoms with Crippen molar-refractivity contribution in [3.63, 3.8) is 0 Å². The van der Waals surface area contributed by atoms with Gasteiger partial charge < -0.3 is 14.5 Å². The van der Waals surface area contributed by atoms with E-state index < -0.39 is 22.0 Å². The van der Waals surface area contributed by atoms with Crippen molar-refractivity contribution in [3.8, 4) is 5.75 Å². The van der Waals surface area contributed by atoms with Crippen LogP contribution in [0, 0.1) is 13.8 Å². The van der Waals surface area contributed by atoms with Gasteiger partial charge in [-0.1, -0.05) is 48.5 Å². The van der Waals surface area contributed by atoms with E-state index >= 15 is 0 Å². The highest BCUT2D eigenvalue weighted by molar-refractivity contribution is 7.89. The molecule has 0 saturated heterocycles. The van der Waals surface area contributed by atoms with Crippen LogP contribution < -0.4 is 15.2 Å². The van der Waals surface area contributed by atoms with Crippen molar-refractivity contribution in [1.82, 2.24) is 5.32 Å². The monoisotopic (exact) mass is 428 g/mol. The van der Waals surface area contributed by atoms with E-state index in [-0.39, 0.29) is 22.0 Å². The topological polar surface area (TPSA) is 112 Å². The summed E-state index contributed by atoms with van der Waals surface area (Å²) in [6.07, 6.45) is 0. The van der Waals surface area contributed by atoms with Gasteiger partial charge in [-0.15, -0.1) is 0 Å². The van der Waals surface area contributed by atoms with Gasteiger partial charge in [-0.05, 0) is 32.4 Å². The maximum atomic E-state index is 12.9. The van der Waals surface area contributed by atoms with Gasteiger partial charge in [0.1, 0.15) is 34.3 Å². The molecule has 0 aliphatic heterocycles. The molecule has 158 valence electrons. The standard InChI is InChI=1S/C22H24N2O5S/c1-14(24-22(25)20-15(2)29-16(3)21(20)30(23,26)27)18-11-7-8-12-19(18)28-13-17-9-5-4-6-10-17/h4-12,14H,13H2,1-3H3,(H,24,25)(H2,23,26,27)/t14-/m1/s1. The van der Waals surface area contributed by atoms with Gasteiger partial charge in [0.25, 0.3) is 5.91 Å². The minimum Gasteiger partial charge on any atom is -0.489 e. The third kappa shape index (κ3) is 4.72. The highest BCUT2D eigenvalue weighted by Crippen LogP contribution is 2.29. The number of benzene rings is 2. The lowest BCUT2D eigenvalue weighted by Crippen LogP contribution is -2.29. The molecule has 0 saturated carbocycles. The Bertz CT molecular complexity index is 1150. The number of hydrogen-bond acceptors (Lipinski definition) is 5. The summed E-state index contributed by atoms with van der Waals surface area (Å²) < 4.78 is 35.2. The molecule has 30 heavy (non-hydrogen) atoms. The summed E-state index contributed by atoms with van der Waals surface area (Å²) in [5.74, 6) is 0.314. The molecule has 3 rings (SSSR count). The van der Waals surface area contributed by atoms with E-state index in [0.717, 1.165) is 11.1 Å². The summed E-state index contributed by atoms with van der Waals surface area (Å²) in [5, 5.41) is 8.10. The van der Waals surface area contributed by atoms with Gasteiger partial charge in [0.2, 0.25) is 10.0 Å². The maximum Gasteiger partial charge on any atom is 0.256 e. The zero-order valence-corrected chi connectivity index (χ0v) is 17.8. The largest absolute Gasteiger partial charge is 0.489 e. The van der Waals surface area contributed by atoms with Crippen molar-refractivity contribution in [3.05, 3.63) is 82.8 Å². The van der Waals surface area contributed by atoms with E-state index in [1.807, 2.05) is 54.6 Å². The van der Waals surface area contributed by atoms with E-state index in [0.29, 0.717) is 12.4 Å². The molecule has 1 aromatic heterocycles. The van der Waals surface area contributed by atoms with E-state index in [4.69, 9.17) is 14.3 Å². The molecule has 0 aliphatic rings. The molecular weight excluding hydrogens is 404 g/mol. The minimum absolute atomic E-state index is 0.0791. The van der Waals surface area contributed by atoms with Gasteiger partial charge in [-0.2, -0.15) is 0 Å². The van der Waals surface area contributed by atoms with Crippen molar-refractivity contribution in [2.45, 2.75) is 38.3 Å². The number of sulfonamides is 1. The molecule has 0 aliphatic carbocycles. The molecule has 0 bridgehead atoms. The quantitative estimate of drug-likeness (QED) is 0.597. The number of ether oxygens (including phenoxy) is 1. The average Bonchev–Trinajstić information content (AvgIpc) is 3.01. The van der Waals surface area contributed by atoms with Crippen molar-refractivity contribution >= 4 is 15.9 Å². The van der Waals surface area contributed by atoms with Crippen LogP contribution >= 0.6 is 0 Å². The van der Waals surface area contributed by atoms with E-state index in [9.17, 15) is 13.2 Å². The molecule has 0 radical (unpaired) electrons. The van der Waals surface area contributed by atoms with Crippen molar-refractivity contribution in [1.29, 1.82) is 0 Å². The zero-order valence-electron chi connectivity index (χ0n) is 17.0. The third-order valence-corrected chi connectivity index (χ3v) is 5.75. The maximum absolute atomic E-state index is 12.9. The summed E-state index contributed by atoms with van der Waals surface area (Å²) >= 11 is 0. The first kappa shape index (κ1) is 21.6. The second-order valence-corrected chi connectivity index (χ2v) is 8.47. The summed E-state index contributed by atoms with van der Waals surface area (Å²) in [6.45, 7) is 5.16. The van der Waals surface area contributed by atoms with Crippen LogP contribution in [-0.4, -0.2) is 14.3 Å². The molecule has 1 heterocycles. The lowest BCUT2D eigenvalue weighted by molar-refractivity contribution is 0.0935. The molecular formula is C22H24N2O5S. The fraction of sp³-hybridized carbons (Fsp3) is 0.227. The lowest BCUT2D eigenvalue weighted by atomic mass is 10.1. The number of para-hydroxylation sites is 1. The molecule has 8 heteroatoms. The fourth-order valence-corrected chi connectivity index (χ4v) is 4.28. The minimum atomic E-state index is -4.12. The number of furan rings is 1. The fourth-order valence-electron chi connectivity index (χ4n) is 3.32. The second kappa shape index (κ2) is 8.73. The smallest absolute Gasteiger partial charge is 0.256 e. The molecule has 3 N–H and O–H groups in total. The number of carbonyl (C=O) groups excluding carboxylic acids is 1. The molecule has 0 fully saturated rings. The average molecular weight is 429 g/mol. The number of carbonyl (C=O) groups is 1. The van der Waals surface area contributed by atoms with Crippen molar-refractivity contribution in [2.75, 3.05) is 0 Å². The third-order valence-electron chi connectivity index (χ3n) is 4.69. The summed E-state index contributed by atoms with van der Waals surface area (Å²) in [6, 6.07) is 16.6. The zero-order chi connectivity index (χ0) is 21.9. The molecule has 3 aromatic rings. The molecule has 2 aromatic carbocycles. The Labute approximate surface area is 175 Å². The Kier molecular flexibility index (Phi) is 6.28. The van der Waals surface area contributed by atoms with Gasteiger partial charge in [-0.25, -0.2) is 13.6 Å². The van der Waals surface area contributed by atoms with Crippen LogP contribution in [0.1, 0.15) is 46.0 Å². The first-order chi connectivity index (χ1) is 14.2. The molecule has 0 unspecified atom stereocenters. The Morgan fingerprint density at radius 2 is 1.70 bits per heavy atom. The summed E-state index contributed by atoms with van der Waals surface area (Å²) in [4.78, 5) is 12.6. The van der Waals surface area contributed by atoms with Crippen LogP contribution in [0.25, 0.3) is 0 Å². The van der Waals surface area contributed by atoms with Crippen LogP contribution in [0.15, 0.2) is 63.9 Å². The Morgan fingerprint density at radius 1 is 1.07 bits per heavy atom. The summed E-state index contributed by atoms with van der Waals surface area (Å²) in [7, 11) is -4.12. The van der Waals surface area contributed by atoms with Crippen LogP contribution in [0.2, 0.25) is 0 Å². The number of primary sulfonamides is 1. The second-order valence-electron chi connectivity index (χ2n) is 6.97. The van der Waals surface area contributed by atoms with E-state index in [2.05, 4.69) is 5.32 Å². The first-order valence-electron chi connectivity index (χ1n) is 9.37. The van der Waals surface area contributed by atoms with Crippen LogP contribution in [0.4, 0.5) is 0 Å². The van der Waals surface area contributed by atoms with Gasteiger partial charge >= 0.3 is 0 Å². The van der Waals surface area contributed by atoms with Crippen LogP contribution in [0.3, 0.4) is 0 Å². The first-order valence-corrected chi connectivity index (χ1v) is 10.9.